The van der Waals surface area contributed by atoms with Gasteiger partial charge in [-0.25, -0.2) is 4.98 Å². The third-order valence-electron chi connectivity index (χ3n) is 5.07. The molecule has 8 heteroatoms. The number of ether oxygens (including phenoxy) is 1. The van der Waals surface area contributed by atoms with E-state index in [0.29, 0.717) is 44.1 Å². The summed E-state index contributed by atoms with van der Waals surface area (Å²) >= 11 is 1.39. The van der Waals surface area contributed by atoms with Gasteiger partial charge in [0.15, 0.2) is 0 Å². The molecule has 2 fully saturated rings. The van der Waals surface area contributed by atoms with Crippen molar-refractivity contribution < 1.29 is 14.3 Å². The molecular weight excluding hydrogens is 340 g/mol. The van der Waals surface area contributed by atoms with Gasteiger partial charge in [-0.3, -0.25) is 14.6 Å². The number of likely N-dealkylation sites (tertiary alicyclic amines) is 1. The highest BCUT2D eigenvalue weighted by molar-refractivity contribution is 7.07. The fourth-order valence-electron chi connectivity index (χ4n) is 3.63. The Morgan fingerprint density at radius 2 is 2.44 bits per heavy atom. The van der Waals surface area contributed by atoms with Crippen LogP contribution in [-0.4, -0.2) is 52.9 Å². The minimum atomic E-state index is -0.576. The average Bonchev–Trinajstić information content (AvgIpc) is 3.37. The third-order valence-corrected chi connectivity index (χ3v) is 5.65. The second-order valence-corrected chi connectivity index (χ2v) is 7.13. The fourth-order valence-corrected chi connectivity index (χ4v) is 4.15. The lowest BCUT2D eigenvalue weighted by Gasteiger charge is -2.27. The molecule has 25 heavy (non-hydrogen) atoms. The number of carbonyl (C=O) groups is 2. The van der Waals surface area contributed by atoms with E-state index >= 15 is 0 Å². The van der Waals surface area contributed by atoms with Gasteiger partial charge >= 0.3 is 0 Å². The Morgan fingerprint density at radius 3 is 3.20 bits per heavy atom. The smallest absolute Gasteiger partial charge is 0.273 e. The molecule has 2 aliphatic rings. The molecule has 1 N–H and O–H groups in total. The lowest BCUT2D eigenvalue weighted by Crippen LogP contribution is -2.41. The van der Waals surface area contributed by atoms with Crippen molar-refractivity contribution in [1.29, 1.82) is 0 Å². The highest BCUT2D eigenvalue weighted by Crippen LogP contribution is 2.42. The standard InChI is InChI=1S/C17H18N4O3S/c22-15(14-9-25-11-20-14)21-5-3-17(10-21)12(6-19-16(17)23)8-24-13-2-1-4-18-7-13/h1-2,4,7,9,11-12H,3,5-6,8,10H2,(H,19,23)/t12-,17-/m1/s1. The number of rotatable bonds is 4. The normalized spacial score (nSPS) is 25.4. The number of thiazole rings is 1. The zero-order valence-electron chi connectivity index (χ0n) is 13.6. The highest BCUT2D eigenvalue weighted by Gasteiger charge is 2.55. The van der Waals surface area contributed by atoms with Crippen LogP contribution in [0.4, 0.5) is 0 Å². The molecule has 0 unspecified atom stereocenters. The Labute approximate surface area is 149 Å². The van der Waals surface area contributed by atoms with Gasteiger partial charge in [0.25, 0.3) is 5.91 Å². The monoisotopic (exact) mass is 358 g/mol. The second-order valence-electron chi connectivity index (χ2n) is 6.41. The van der Waals surface area contributed by atoms with Crippen LogP contribution < -0.4 is 10.1 Å². The number of pyridine rings is 1. The van der Waals surface area contributed by atoms with Crippen molar-refractivity contribution in [3.8, 4) is 5.75 Å². The van der Waals surface area contributed by atoms with Gasteiger partial charge in [-0.1, -0.05) is 0 Å². The summed E-state index contributed by atoms with van der Waals surface area (Å²) in [5, 5.41) is 4.69. The third kappa shape index (κ3) is 2.86. The molecule has 4 heterocycles. The number of carbonyl (C=O) groups excluding carboxylic acids is 2. The molecule has 4 rings (SSSR count). The van der Waals surface area contributed by atoms with Gasteiger partial charge in [0.2, 0.25) is 5.91 Å². The van der Waals surface area contributed by atoms with Crippen LogP contribution in [0, 0.1) is 11.3 Å². The minimum Gasteiger partial charge on any atom is -0.492 e. The molecule has 2 saturated heterocycles. The van der Waals surface area contributed by atoms with E-state index in [1.807, 2.05) is 12.1 Å². The van der Waals surface area contributed by atoms with Crippen LogP contribution in [0.5, 0.6) is 5.75 Å². The summed E-state index contributed by atoms with van der Waals surface area (Å²) in [5.41, 5.74) is 1.52. The van der Waals surface area contributed by atoms with E-state index in [4.69, 9.17) is 4.74 Å². The Kier molecular flexibility index (Phi) is 4.12. The van der Waals surface area contributed by atoms with Crippen LogP contribution in [-0.2, 0) is 4.79 Å². The van der Waals surface area contributed by atoms with Crippen LogP contribution in [0.25, 0.3) is 0 Å². The number of aromatic nitrogens is 2. The summed E-state index contributed by atoms with van der Waals surface area (Å²) < 4.78 is 5.82. The molecule has 0 saturated carbocycles. The van der Waals surface area contributed by atoms with Crippen molar-refractivity contribution in [3.63, 3.8) is 0 Å². The van der Waals surface area contributed by atoms with E-state index in [0.717, 1.165) is 0 Å². The maximum Gasteiger partial charge on any atom is 0.273 e. The molecule has 2 aliphatic heterocycles. The molecule has 2 amide bonds. The van der Waals surface area contributed by atoms with E-state index in [2.05, 4.69) is 15.3 Å². The van der Waals surface area contributed by atoms with Crippen molar-refractivity contribution >= 4 is 23.2 Å². The van der Waals surface area contributed by atoms with Crippen LogP contribution >= 0.6 is 11.3 Å². The summed E-state index contributed by atoms with van der Waals surface area (Å²) in [5.74, 6) is 0.615. The first-order valence-corrected chi connectivity index (χ1v) is 9.12. The lowest BCUT2D eigenvalue weighted by atomic mass is 9.77. The predicted octanol–water partition coefficient (Wildman–Crippen LogP) is 1.20. The Bertz CT molecular complexity index is 767. The Hall–Kier alpha value is -2.48. The maximum absolute atomic E-state index is 12.5. The molecule has 2 aromatic heterocycles. The predicted molar refractivity (Wildman–Crippen MR) is 91.3 cm³/mol. The quantitative estimate of drug-likeness (QED) is 0.888. The van der Waals surface area contributed by atoms with Gasteiger partial charge in [-0.2, -0.15) is 0 Å². The average molecular weight is 358 g/mol. The molecule has 0 bridgehead atoms. The molecule has 130 valence electrons. The summed E-state index contributed by atoms with van der Waals surface area (Å²) in [7, 11) is 0. The van der Waals surface area contributed by atoms with Gasteiger partial charge in [0, 0.05) is 37.1 Å². The largest absolute Gasteiger partial charge is 0.492 e. The minimum absolute atomic E-state index is 0.0147. The molecule has 0 radical (unpaired) electrons. The molecule has 7 nitrogen and oxygen atoms in total. The van der Waals surface area contributed by atoms with E-state index in [-0.39, 0.29) is 17.7 Å². The van der Waals surface area contributed by atoms with Crippen LogP contribution in [0.1, 0.15) is 16.9 Å². The molecule has 2 atom stereocenters. The molecule has 2 aromatic rings. The van der Waals surface area contributed by atoms with Crippen LogP contribution in [0.3, 0.4) is 0 Å². The Morgan fingerprint density at radius 1 is 1.52 bits per heavy atom. The van der Waals surface area contributed by atoms with Gasteiger partial charge < -0.3 is 15.0 Å². The van der Waals surface area contributed by atoms with Gasteiger partial charge in [-0.05, 0) is 18.6 Å². The second kappa shape index (κ2) is 6.44. The number of amides is 2. The van der Waals surface area contributed by atoms with E-state index in [1.54, 1.807) is 28.2 Å². The molecule has 0 aliphatic carbocycles. The van der Waals surface area contributed by atoms with E-state index in [1.165, 1.54) is 11.3 Å². The number of nitrogens with one attached hydrogen (secondary N) is 1. The zero-order chi connectivity index (χ0) is 17.3. The van der Waals surface area contributed by atoms with Gasteiger partial charge in [0.05, 0.1) is 23.7 Å². The zero-order valence-corrected chi connectivity index (χ0v) is 14.4. The Balaban J connectivity index is 1.47. The maximum atomic E-state index is 12.5. The van der Waals surface area contributed by atoms with Crippen LogP contribution in [0.2, 0.25) is 0 Å². The van der Waals surface area contributed by atoms with Crippen molar-refractivity contribution in [2.75, 3.05) is 26.2 Å². The first-order chi connectivity index (χ1) is 12.2. The van der Waals surface area contributed by atoms with Gasteiger partial charge in [0.1, 0.15) is 11.4 Å². The molecular formula is C17H18N4O3S. The topological polar surface area (TPSA) is 84.4 Å². The van der Waals surface area contributed by atoms with Crippen LogP contribution in [0.15, 0.2) is 35.4 Å². The summed E-state index contributed by atoms with van der Waals surface area (Å²) in [6.45, 7) is 1.96. The number of nitrogens with zero attached hydrogens (tertiary/aromatic N) is 3. The van der Waals surface area contributed by atoms with Gasteiger partial charge in [-0.15, -0.1) is 11.3 Å². The summed E-state index contributed by atoms with van der Waals surface area (Å²) in [6.07, 6.45) is 3.99. The summed E-state index contributed by atoms with van der Waals surface area (Å²) in [4.78, 5) is 34.9. The molecule has 0 aromatic carbocycles. The highest BCUT2D eigenvalue weighted by atomic mass is 32.1. The molecule has 1 spiro atoms. The first kappa shape index (κ1) is 16.0. The fraction of sp³-hybridized carbons (Fsp3) is 0.412. The number of hydrogen-bond donors (Lipinski definition) is 1. The summed E-state index contributed by atoms with van der Waals surface area (Å²) in [6, 6.07) is 3.66. The van der Waals surface area contributed by atoms with Crippen molar-refractivity contribution in [2.24, 2.45) is 11.3 Å². The van der Waals surface area contributed by atoms with E-state index in [9.17, 15) is 9.59 Å². The van der Waals surface area contributed by atoms with Crippen molar-refractivity contribution in [3.05, 3.63) is 41.1 Å². The van der Waals surface area contributed by atoms with Crippen molar-refractivity contribution in [1.82, 2.24) is 20.2 Å². The van der Waals surface area contributed by atoms with E-state index < -0.39 is 5.41 Å². The lowest BCUT2D eigenvalue weighted by molar-refractivity contribution is -0.128. The first-order valence-electron chi connectivity index (χ1n) is 8.18. The SMILES string of the molecule is O=C(c1cscn1)N1CC[C@]2(C1)C(=O)NC[C@@H]2COc1cccnc1. The van der Waals surface area contributed by atoms with Crippen molar-refractivity contribution in [2.45, 2.75) is 6.42 Å². The number of hydrogen-bond acceptors (Lipinski definition) is 6.